The highest BCUT2D eigenvalue weighted by atomic mass is 32.1. The van der Waals surface area contributed by atoms with E-state index in [0.717, 1.165) is 52.0 Å². The highest BCUT2D eigenvalue weighted by Crippen LogP contribution is 2.31. The monoisotopic (exact) mass is 657 g/mol. The van der Waals surface area contributed by atoms with Crippen molar-refractivity contribution in [1.82, 2.24) is 15.3 Å². The number of unbranched alkanes of at least 4 members (excludes halogenated alkanes) is 2. The number of hydrogen-bond acceptors (Lipinski definition) is 5. The first-order valence-electron chi connectivity index (χ1n) is 17.0. The van der Waals surface area contributed by atoms with E-state index in [1.165, 1.54) is 69.4 Å². The number of ether oxygens (including phenoxy) is 1. The smallest absolute Gasteiger partial charge is 0.211 e. The molecule has 7 heteroatoms. The van der Waals surface area contributed by atoms with Gasteiger partial charge in [0.25, 0.3) is 0 Å². The average molecular weight is 658 g/mol. The van der Waals surface area contributed by atoms with Gasteiger partial charge < -0.3 is 15.0 Å². The lowest BCUT2D eigenvalue weighted by Crippen LogP contribution is -2.05. The number of nitrogens with one attached hydrogen (secondary N) is 2. The second-order valence-corrected chi connectivity index (χ2v) is 11.9. The van der Waals surface area contributed by atoms with Gasteiger partial charge in [-0.1, -0.05) is 125 Å². The van der Waals surface area contributed by atoms with Gasteiger partial charge in [-0.25, -0.2) is 4.98 Å². The summed E-state index contributed by atoms with van der Waals surface area (Å²) >= 11 is 1.51. The molecule has 2 heterocycles. The summed E-state index contributed by atoms with van der Waals surface area (Å²) < 4.78 is 4.69. The number of Topliss-reactive ketones (excluding diaryl/α,β-unsaturated/α-hetero) is 1. The van der Waals surface area contributed by atoms with Gasteiger partial charge in [-0.05, 0) is 44.8 Å². The summed E-state index contributed by atoms with van der Waals surface area (Å²) in [5.41, 5.74) is 5.28. The molecular weight excluding hydrogens is 591 g/mol. The third kappa shape index (κ3) is 24.2. The number of H-pyrrole nitrogens is 1. The van der Waals surface area contributed by atoms with Gasteiger partial charge in [0.05, 0.1) is 5.69 Å². The first kappa shape index (κ1) is 47.4. The van der Waals surface area contributed by atoms with Crippen LogP contribution >= 0.6 is 11.3 Å². The van der Waals surface area contributed by atoms with Gasteiger partial charge in [-0.15, -0.1) is 11.3 Å². The van der Waals surface area contributed by atoms with Crippen LogP contribution in [0.2, 0.25) is 0 Å². The molecule has 2 rings (SSSR count). The Balaban J connectivity index is -0.000000752. The summed E-state index contributed by atoms with van der Waals surface area (Å²) in [5.74, 6) is 0.823. The quantitative estimate of drug-likeness (QED) is 0.113. The highest BCUT2D eigenvalue weighted by Gasteiger charge is 2.13. The molecule has 0 aromatic carbocycles. The van der Waals surface area contributed by atoms with Gasteiger partial charge in [0.2, 0.25) is 6.41 Å². The second kappa shape index (κ2) is 33.3. The number of carbonyl (C=O) groups excluding carboxylic acids is 2. The van der Waals surface area contributed by atoms with Gasteiger partial charge in [0.15, 0.2) is 5.78 Å². The van der Waals surface area contributed by atoms with E-state index in [1.807, 2.05) is 37.6 Å². The lowest BCUT2D eigenvalue weighted by Gasteiger charge is -2.04. The number of hydrogen-bond donors (Lipinski definition) is 2. The van der Waals surface area contributed by atoms with Crippen LogP contribution in [-0.2, 0) is 14.3 Å². The van der Waals surface area contributed by atoms with E-state index in [0.29, 0.717) is 12.0 Å². The molecule has 46 heavy (non-hydrogen) atoms. The minimum Gasteiger partial charge on any atom is -0.385 e. The van der Waals surface area contributed by atoms with Crippen molar-refractivity contribution < 1.29 is 14.3 Å². The Morgan fingerprint density at radius 2 is 1.72 bits per heavy atom. The molecule has 2 aromatic heterocycles. The maximum absolute atomic E-state index is 11.7. The van der Waals surface area contributed by atoms with Crippen LogP contribution in [0, 0.1) is 12.8 Å². The number of aryl methyl sites for hydroxylation is 1. The fourth-order valence-corrected chi connectivity index (χ4v) is 4.13. The van der Waals surface area contributed by atoms with Crippen LogP contribution in [0.5, 0.6) is 0 Å². The number of ketones is 1. The summed E-state index contributed by atoms with van der Waals surface area (Å²) in [4.78, 5) is 30.0. The largest absolute Gasteiger partial charge is 0.385 e. The molecule has 0 fully saturated rings. The lowest BCUT2D eigenvalue weighted by atomic mass is 10.0. The number of allylic oxidation sites excluding steroid dienone is 5. The van der Waals surface area contributed by atoms with Crippen molar-refractivity contribution in [3.63, 3.8) is 0 Å². The van der Waals surface area contributed by atoms with Crippen LogP contribution in [0.4, 0.5) is 0 Å². The fourth-order valence-electron chi connectivity index (χ4n) is 3.33. The minimum absolute atomic E-state index is 0.131. The molecule has 0 bridgehead atoms. The third-order valence-corrected chi connectivity index (χ3v) is 7.36. The van der Waals surface area contributed by atoms with Gasteiger partial charge in [0, 0.05) is 53.9 Å². The predicted molar refractivity (Wildman–Crippen MR) is 205 cm³/mol. The first-order valence-corrected chi connectivity index (χ1v) is 17.9. The van der Waals surface area contributed by atoms with E-state index in [9.17, 15) is 9.59 Å². The number of methoxy groups -OCH3 is 1. The van der Waals surface area contributed by atoms with Crippen LogP contribution in [0.25, 0.3) is 22.9 Å². The molecule has 1 unspecified atom stereocenters. The van der Waals surface area contributed by atoms with Crippen molar-refractivity contribution in [2.45, 2.75) is 128 Å². The van der Waals surface area contributed by atoms with Crippen molar-refractivity contribution in [3.8, 4) is 11.3 Å². The SMILES string of the molecule is C=C/C=C\c1c(-c2csc(/C(C)=C/C(=C\NC=O)C(C)=O)n2)c[nH]c1C.CCC.CCCC.CCCCC(C)CC.CCCOC. The summed E-state index contributed by atoms with van der Waals surface area (Å²) in [6, 6.07) is 0. The maximum Gasteiger partial charge on any atom is 0.211 e. The van der Waals surface area contributed by atoms with Gasteiger partial charge >= 0.3 is 0 Å². The Morgan fingerprint density at radius 1 is 1.09 bits per heavy atom. The summed E-state index contributed by atoms with van der Waals surface area (Å²) in [7, 11) is 1.71. The molecule has 1 amide bonds. The van der Waals surface area contributed by atoms with Crippen molar-refractivity contribution in [2.24, 2.45) is 5.92 Å². The number of amides is 1. The number of aromatic nitrogens is 2. The average Bonchev–Trinajstić information content (AvgIpc) is 3.68. The third-order valence-electron chi connectivity index (χ3n) is 6.38. The molecule has 6 nitrogen and oxygen atoms in total. The zero-order valence-electron chi connectivity index (χ0n) is 31.3. The van der Waals surface area contributed by atoms with Crippen molar-refractivity contribution in [3.05, 3.63) is 64.4 Å². The van der Waals surface area contributed by atoms with Crippen LogP contribution in [0.3, 0.4) is 0 Å². The van der Waals surface area contributed by atoms with Crippen molar-refractivity contribution in [2.75, 3.05) is 13.7 Å². The molecular formula is C39H67N3O3S. The van der Waals surface area contributed by atoms with Crippen molar-refractivity contribution >= 4 is 35.2 Å². The summed E-state index contributed by atoms with van der Waals surface area (Å²) in [5, 5.41) is 5.21. The van der Waals surface area contributed by atoms with Gasteiger partial charge in [-0.3, -0.25) is 9.59 Å². The van der Waals surface area contributed by atoms with Crippen molar-refractivity contribution in [1.29, 1.82) is 0 Å². The Kier molecular flexibility index (Phi) is 34.3. The number of aromatic amines is 1. The summed E-state index contributed by atoms with van der Waals surface area (Å²) in [6.45, 7) is 27.5. The molecule has 2 aromatic rings. The summed E-state index contributed by atoms with van der Waals surface area (Å²) in [6.07, 6.45) is 21.7. The normalized spacial score (nSPS) is 11.4. The van der Waals surface area contributed by atoms with E-state index in [1.54, 1.807) is 19.3 Å². The number of thiazole rings is 1. The first-order chi connectivity index (χ1) is 22.0. The van der Waals surface area contributed by atoms with Crippen LogP contribution in [0.15, 0.2) is 48.2 Å². The molecule has 0 saturated heterocycles. The Labute approximate surface area is 286 Å². The van der Waals surface area contributed by atoms with E-state index in [2.05, 4.69) is 72.3 Å². The Bertz CT molecular complexity index is 1120. The molecule has 0 aliphatic carbocycles. The second-order valence-electron chi connectivity index (χ2n) is 11.0. The molecule has 1 atom stereocenters. The van der Waals surface area contributed by atoms with Gasteiger partial charge in [0.1, 0.15) is 5.01 Å². The Morgan fingerprint density at radius 3 is 2.15 bits per heavy atom. The molecule has 0 aliphatic rings. The molecule has 0 aliphatic heterocycles. The topological polar surface area (TPSA) is 84.1 Å². The molecule has 0 radical (unpaired) electrons. The molecule has 0 saturated carbocycles. The van der Waals surface area contributed by atoms with Crippen LogP contribution < -0.4 is 5.32 Å². The maximum atomic E-state index is 11.7. The van der Waals surface area contributed by atoms with E-state index >= 15 is 0 Å². The fraction of sp³-hybridized carbons (Fsp3) is 0.564. The standard InChI is InChI=1S/C20H21N3O2S.C8H18.C4H10O.C4H10.C3H8/c1-5-6-7-17-14(3)22-10-18(17)19-11-26-20(23-19)13(2)8-16(15(4)25)9-21-12-24;1-4-6-7-8(3)5-2;1-3-4-5-2;1-3-4-2;1-3-2/h5-12,22H,1H2,2-4H3,(H,21,24);8H,4-7H2,1-3H3;3-4H2,1-2H3;3-4H2,1-2H3;3H2,1-2H3/b7-6-,13-8+,16-9+;;;;. The predicted octanol–water partition coefficient (Wildman–Crippen LogP) is 11.8. The zero-order chi connectivity index (χ0) is 35.8. The van der Waals surface area contributed by atoms with E-state index < -0.39 is 0 Å². The van der Waals surface area contributed by atoms with E-state index in [-0.39, 0.29) is 5.78 Å². The molecule has 262 valence electrons. The number of rotatable bonds is 15. The van der Waals surface area contributed by atoms with Gasteiger partial charge in [-0.2, -0.15) is 0 Å². The van der Waals surface area contributed by atoms with Crippen LogP contribution in [-0.4, -0.2) is 35.9 Å². The molecule has 0 spiro atoms. The molecule has 2 N–H and O–H groups in total. The van der Waals surface area contributed by atoms with Crippen LogP contribution in [0.1, 0.15) is 137 Å². The van der Waals surface area contributed by atoms with E-state index in [4.69, 9.17) is 9.72 Å². The highest BCUT2D eigenvalue weighted by molar-refractivity contribution is 7.11. The lowest BCUT2D eigenvalue weighted by molar-refractivity contribution is -0.113. The Hall–Kier alpha value is -3.03. The zero-order valence-corrected chi connectivity index (χ0v) is 32.2. The minimum atomic E-state index is -0.131. The number of carbonyl (C=O) groups is 2. The number of nitrogens with zero attached hydrogens (tertiary/aromatic N) is 1.